The number of allylic oxidation sites excluding steroid dienone is 3. The molecule has 5 N–H and O–H groups in total. The van der Waals surface area contributed by atoms with Crippen LogP contribution in [0.5, 0.6) is 0 Å². The number of pyridine rings is 1. The first-order valence-corrected chi connectivity index (χ1v) is 16.4. The number of nitrogens with zero attached hydrogens (tertiary/aromatic N) is 5. The van der Waals surface area contributed by atoms with E-state index in [1.807, 2.05) is 24.3 Å². The molecule has 0 aliphatic rings. The van der Waals surface area contributed by atoms with E-state index >= 15 is 0 Å². The standard InChI is InChI=1S/C15H29OSi.C5H5N.2C4H8N2O2.Co/c1-6-7-11-15(14(2)16)12-9-8-10-13-17(3,4)5;1-2-4-6-5-3-1;2*1-3(5-7)4(2)6-8;/h6,8,10,14-16H,1-2,7,9,11-13H2,3-5H3;1-5H;2*7-8H,1-2H3;/q-1;;;;/b10-8-;;2*5-3-,6-4+;. The molecule has 0 amide bonds. The number of hydrogen-bond acceptors (Lipinski definition) is 10. The van der Waals surface area contributed by atoms with E-state index in [1.165, 1.54) is 33.7 Å². The first kappa shape index (κ1) is 44.2. The van der Waals surface area contributed by atoms with Gasteiger partial charge >= 0.3 is 0 Å². The number of oxime groups is 4. The Hall–Kier alpha value is -2.81. The summed E-state index contributed by atoms with van der Waals surface area (Å²) < 4.78 is 0. The summed E-state index contributed by atoms with van der Waals surface area (Å²) in [5, 5.41) is 52.8. The van der Waals surface area contributed by atoms with Crippen molar-refractivity contribution in [3.8, 4) is 0 Å². The van der Waals surface area contributed by atoms with Gasteiger partial charge in [0.25, 0.3) is 0 Å². The molecule has 0 saturated carbocycles. The summed E-state index contributed by atoms with van der Waals surface area (Å²) in [5.41, 5.74) is 1.25. The third-order valence-electron chi connectivity index (χ3n) is 5.10. The maximum atomic E-state index is 9.56. The molecule has 1 aromatic rings. The monoisotopic (exact) mass is 623 g/mol. The predicted octanol–water partition coefficient (Wildman–Crippen LogP) is 6.89. The zero-order valence-corrected chi connectivity index (χ0v) is 27.1. The summed E-state index contributed by atoms with van der Waals surface area (Å²) in [6, 6.07) is 6.96. The van der Waals surface area contributed by atoms with Crippen LogP contribution in [0.2, 0.25) is 25.7 Å². The largest absolute Gasteiger partial charge is 0.425 e. The first-order valence-electron chi connectivity index (χ1n) is 12.7. The van der Waals surface area contributed by atoms with Crippen LogP contribution in [0.4, 0.5) is 0 Å². The van der Waals surface area contributed by atoms with E-state index in [0.29, 0.717) is 28.8 Å². The van der Waals surface area contributed by atoms with Gasteiger partial charge in [-0.05, 0) is 77.5 Å². The molecule has 40 heavy (non-hydrogen) atoms. The van der Waals surface area contributed by atoms with Crippen molar-refractivity contribution in [2.45, 2.75) is 85.2 Å². The van der Waals surface area contributed by atoms with Gasteiger partial charge in [-0.2, -0.15) is 0 Å². The fraction of sp³-hybridized carbons (Fsp3) is 0.500. The Bertz CT molecular complexity index is 796. The quantitative estimate of drug-likeness (QED) is 0.0450. The fourth-order valence-corrected chi connectivity index (χ4v) is 3.20. The van der Waals surface area contributed by atoms with Gasteiger partial charge in [0.2, 0.25) is 0 Å². The Morgan fingerprint density at radius 3 is 1.45 bits per heavy atom. The van der Waals surface area contributed by atoms with Crippen LogP contribution in [0.15, 0.2) is 76.0 Å². The zero-order valence-electron chi connectivity index (χ0n) is 25.0. The van der Waals surface area contributed by atoms with Crippen LogP contribution >= 0.6 is 0 Å². The van der Waals surface area contributed by atoms with Gasteiger partial charge < -0.3 is 32.9 Å². The molecule has 0 spiro atoms. The molecule has 0 fully saturated rings. The maximum absolute atomic E-state index is 9.56. The van der Waals surface area contributed by atoms with E-state index in [4.69, 9.17) is 20.8 Å². The third-order valence-corrected chi connectivity index (χ3v) is 6.56. The molecule has 0 aromatic carbocycles. The van der Waals surface area contributed by atoms with E-state index in [9.17, 15) is 5.11 Å². The molecule has 0 saturated heterocycles. The van der Waals surface area contributed by atoms with Crippen LogP contribution in [0.25, 0.3) is 0 Å². The SMILES string of the molecule is C=CCCC(CC/C=C\C[Si](C)(C)C)C([CH2-])O.CC(=N/O)/C(C)=N/O.CC(=N/O)/C(C)=N/O.[Co].c1ccncc1. The van der Waals surface area contributed by atoms with Gasteiger partial charge in [-0.25, -0.2) is 0 Å². The van der Waals surface area contributed by atoms with Gasteiger partial charge in [-0.3, -0.25) is 4.98 Å². The van der Waals surface area contributed by atoms with E-state index in [-0.39, 0.29) is 16.8 Å². The molecule has 1 heterocycles. The van der Waals surface area contributed by atoms with E-state index < -0.39 is 14.2 Å². The molecular weight excluding hydrogens is 573 g/mol. The summed E-state index contributed by atoms with van der Waals surface area (Å²) in [7, 11) is -0.939. The van der Waals surface area contributed by atoms with Gasteiger partial charge in [-0.1, -0.05) is 70.7 Å². The second kappa shape index (κ2) is 29.2. The minimum atomic E-state index is -0.939. The van der Waals surface area contributed by atoms with Gasteiger partial charge in [0.05, 0.1) is 0 Å². The molecule has 1 radical (unpaired) electrons. The van der Waals surface area contributed by atoms with Crippen LogP contribution in [0, 0.1) is 12.8 Å². The van der Waals surface area contributed by atoms with Gasteiger partial charge in [0.15, 0.2) is 0 Å². The Morgan fingerprint density at radius 2 is 1.20 bits per heavy atom. The summed E-state index contributed by atoms with van der Waals surface area (Å²) in [6.45, 7) is 20.7. The van der Waals surface area contributed by atoms with Gasteiger partial charge in [0, 0.05) is 37.2 Å². The number of hydrogen-bond donors (Lipinski definition) is 5. The summed E-state index contributed by atoms with van der Waals surface area (Å²) >= 11 is 0. The second-order valence-electron chi connectivity index (χ2n) is 9.77. The number of aliphatic hydroxyl groups excluding tert-OH is 1. The molecule has 12 heteroatoms. The molecule has 2 atom stereocenters. The summed E-state index contributed by atoms with van der Waals surface area (Å²) in [5.74, 6) is 0.310. The van der Waals surface area contributed by atoms with Crippen LogP contribution in [-0.2, 0) is 16.8 Å². The average molecular weight is 624 g/mol. The number of aromatic nitrogens is 1. The molecule has 231 valence electrons. The Morgan fingerprint density at radius 1 is 0.800 bits per heavy atom. The van der Waals surface area contributed by atoms with Crippen molar-refractivity contribution < 1.29 is 42.7 Å². The maximum Gasteiger partial charge on any atom is 0.101 e. The van der Waals surface area contributed by atoms with Gasteiger partial charge in [0.1, 0.15) is 22.8 Å². The molecular formula is C28H50CoN5O5Si-. The predicted molar refractivity (Wildman–Crippen MR) is 165 cm³/mol. The molecule has 0 aliphatic carbocycles. The van der Waals surface area contributed by atoms with Crippen molar-refractivity contribution in [1.82, 2.24) is 4.98 Å². The van der Waals surface area contributed by atoms with Gasteiger partial charge in [-0.15, -0.1) is 6.58 Å². The molecule has 10 nitrogen and oxygen atoms in total. The molecule has 1 rings (SSSR count). The van der Waals surface area contributed by atoms with E-state index in [2.05, 4.69) is 70.9 Å². The van der Waals surface area contributed by atoms with E-state index in [1.54, 1.807) is 12.4 Å². The second-order valence-corrected chi connectivity index (χ2v) is 15.3. The normalized spacial score (nSPS) is 13.7. The Labute approximate surface area is 252 Å². The number of rotatable bonds is 11. The third kappa shape index (κ3) is 31.4. The van der Waals surface area contributed by atoms with Crippen LogP contribution < -0.4 is 0 Å². The summed E-state index contributed by atoms with van der Waals surface area (Å²) in [6.07, 6.45) is 13.6. The molecule has 1 aromatic heterocycles. The molecule has 2 unspecified atom stereocenters. The van der Waals surface area contributed by atoms with Crippen molar-refractivity contribution in [2.24, 2.45) is 26.5 Å². The minimum Gasteiger partial charge on any atom is -0.425 e. The minimum absolute atomic E-state index is 0. The smallest absolute Gasteiger partial charge is 0.101 e. The Kier molecular flexibility index (Phi) is 32.3. The average Bonchev–Trinajstić information content (AvgIpc) is 2.93. The van der Waals surface area contributed by atoms with Crippen molar-refractivity contribution in [3.63, 3.8) is 0 Å². The molecule has 0 aliphatic heterocycles. The van der Waals surface area contributed by atoms with Crippen LogP contribution in [0.1, 0.15) is 53.4 Å². The zero-order chi connectivity index (χ0) is 30.7. The first-order chi connectivity index (χ1) is 18.3. The van der Waals surface area contributed by atoms with Crippen molar-refractivity contribution in [2.75, 3.05) is 0 Å². The van der Waals surface area contributed by atoms with Crippen molar-refractivity contribution in [1.29, 1.82) is 0 Å². The van der Waals surface area contributed by atoms with Crippen molar-refractivity contribution >= 4 is 30.9 Å². The van der Waals surface area contributed by atoms with Crippen LogP contribution in [0.3, 0.4) is 0 Å². The topological polar surface area (TPSA) is 163 Å². The van der Waals surface area contributed by atoms with Crippen molar-refractivity contribution in [3.05, 3.63) is 62.3 Å². The summed E-state index contributed by atoms with van der Waals surface area (Å²) in [4.78, 5) is 3.78. The van der Waals surface area contributed by atoms with E-state index in [0.717, 1.165) is 25.7 Å². The Balaban J connectivity index is -0.000000236. The van der Waals surface area contributed by atoms with Crippen LogP contribution in [-0.4, -0.2) is 67.9 Å². The fourth-order valence-electron chi connectivity index (χ4n) is 2.33. The molecule has 0 bridgehead atoms. The number of aliphatic hydroxyl groups is 1.